The van der Waals surface area contributed by atoms with E-state index < -0.39 is 0 Å². The molecule has 3 heterocycles. The van der Waals surface area contributed by atoms with Crippen molar-refractivity contribution in [1.82, 2.24) is 14.8 Å². The molecule has 0 saturated carbocycles. The van der Waals surface area contributed by atoms with Gasteiger partial charge in [0, 0.05) is 56.7 Å². The van der Waals surface area contributed by atoms with Gasteiger partial charge in [0.2, 0.25) is 0 Å². The summed E-state index contributed by atoms with van der Waals surface area (Å²) in [6.45, 7) is 4.33. The van der Waals surface area contributed by atoms with Gasteiger partial charge in [-0.05, 0) is 49.2 Å². The van der Waals surface area contributed by atoms with Crippen LogP contribution in [0.3, 0.4) is 0 Å². The summed E-state index contributed by atoms with van der Waals surface area (Å²) in [5.41, 5.74) is 2.00. The topological polar surface area (TPSA) is 66.0 Å². The zero-order valence-corrected chi connectivity index (χ0v) is 16.7. The third kappa shape index (κ3) is 4.18. The molecule has 7 nitrogen and oxygen atoms in total. The lowest BCUT2D eigenvalue weighted by molar-refractivity contribution is 0.0741. The van der Waals surface area contributed by atoms with Gasteiger partial charge in [0.05, 0.1) is 7.11 Å². The van der Waals surface area contributed by atoms with E-state index in [1.54, 1.807) is 25.4 Å². The number of methoxy groups -OCH3 is 1. The summed E-state index contributed by atoms with van der Waals surface area (Å²) < 4.78 is 5.21. The summed E-state index contributed by atoms with van der Waals surface area (Å²) in [5.74, 6) is 0.704. The van der Waals surface area contributed by atoms with E-state index in [2.05, 4.69) is 9.88 Å². The van der Waals surface area contributed by atoms with Crippen LogP contribution in [-0.2, 0) is 0 Å². The van der Waals surface area contributed by atoms with Crippen molar-refractivity contribution >= 4 is 17.5 Å². The van der Waals surface area contributed by atoms with Crippen molar-refractivity contribution in [3.05, 3.63) is 53.9 Å². The summed E-state index contributed by atoms with van der Waals surface area (Å²) in [5, 5.41) is 0. The first-order chi connectivity index (χ1) is 14.2. The first-order valence-electron chi connectivity index (χ1n) is 10.1. The Morgan fingerprint density at radius 2 is 1.52 bits per heavy atom. The van der Waals surface area contributed by atoms with Crippen molar-refractivity contribution in [3.8, 4) is 5.75 Å². The molecule has 2 amide bonds. The molecule has 2 aromatic rings. The molecule has 0 atom stereocenters. The van der Waals surface area contributed by atoms with Crippen LogP contribution in [-0.4, -0.2) is 73.0 Å². The molecule has 4 rings (SSSR count). The molecule has 2 fully saturated rings. The van der Waals surface area contributed by atoms with Crippen molar-refractivity contribution in [3.63, 3.8) is 0 Å². The summed E-state index contributed by atoms with van der Waals surface area (Å²) in [6, 6.07) is 11.3. The van der Waals surface area contributed by atoms with Crippen LogP contribution in [0.1, 0.15) is 33.7 Å². The molecule has 0 N–H and O–H groups in total. The van der Waals surface area contributed by atoms with Crippen molar-refractivity contribution in [1.29, 1.82) is 0 Å². The molecular formula is C22H26N4O3. The van der Waals surface area contributed by atoms with Gasteiger partial charge in [0.1, 0.15) is 11.4 Å². The number of hydrogen-bond acceptors (Lipinski definition) is 5. The number of rotatable bonds is 4. The van der Waals surface area contributed by atoms with Crippen molar-refractivity contribution in [2.24, 2.45) is 0 Å². The fraction of sp³-hybridized carbons (Fsp3) is 0.409. The maximum absolute atomic E-state index is 12.9. The number of pyridine rings is 1. The number of amides is 2. The molecule has 2 aliphatic rings. The number of carbonyl (C=O) groups is 2. The molecule has 2 aliphatic heterocycles. The lowest BCUT2D eigenvalue weighted by Crippen LogP contribution is -2.49. The van der Waals surface area contributed by atoms with Crippen LogP contribution < -0.4 is 9.64 Å². The van der Waals surface area contributed by atoms with E-state index in [4.69, 9.17) is 4.74 Å². The SMILES string of the molecule is COc1ccc(N2CCN(C(=O)c3cc(C(=O)N4CCCC4)ccn3)CC2)cc1. The number of carbonyl (C=O) groups excluding carboxylic acids is 2. The zero-order valence-electron chi connectivity index (χ0n) is 16.7. The molecule has 1 aromatic carbocycles. The first kappa shape index (κ1) is 19.2. The van der Waals surface area contributed by atoms with E-state index in [1.807, 2.05) is 34.1 Å². The largest absolute Gasteiger partial charge is 0.497 e. The maximum atomic E-state index is 12.9. The van der Waals surface area contributed by atoms with E-state index in [0.29, 0.717) is 24.3 Å². The minimum Gasteiger partial charge on any atom is -0.497 e. The second kappa shape index (κ2) is 8.51. The van der Waals surface area contributed by atoms with Crippen molar-refractivity contribution < 1.29 is 14.3 Å². The molecule has 2 saturated heterocycles. The number of anilines is 1. The van der Waals surface area contributed by atoms with Crippen LogP contribution >= 0.6 is 0 Å². The Morgan fingerprint density at radius 1 is 0.862 bits per heavy atom. The van der Waals surface area contributed by atoms with Crippen LogP contribution in [0, 0.1) is 0 Å². The highest BCUT2D eigenvalue weighted by molar-refractivity contribution is 5.98. The molecule has 0 bridgehead atoms. The Kier molecular flexibility index (Phi) is 5.64. The molecule has 7 heteroatoms. The van der Waals surface area contributed by atoms with Gasteiger partial charge in [-0.3, -0.25) is 14.6 Å². The summed E-state index contributed by atoms with van der Waals surface area (Å²) in [7, 11) is 1.65. The predicted octanol–water partition coefficient (Wildman–Crippen LogP) is 2.29. The van der Waals surface area contributed by atoms with Crippen LogP contribution in [0.15, 0.2) is 42.6 Å². The van der Waals surface area contributed by atoms with Crippen LogP contribution in [0.2, 0.25) is 0 Å². The zero-order chi connectivity index (χ0) is 20.2. The quantitative estimate of drug-likeness (QED) is 0.796. The summed E-state index contributed by atoms with van der Waals surface area (Å²) in [4.78, 5) is 35.7. The molecule has 0 unspecified atom stereocenters. The summed E-state index contributed by atoms with van der Waals surface area (Å²) in [6.07, 6.45) is 3.65. The highest BCUT2D eigenvalue weighted by Crippen LogP contribution is 2.21. The second-order valence-corrected chi connectivity index (χ2v) is 7.41. The standard InChI is InChI=1S/C22H26N4O3/c1-29-19-6-4-18(5-7-19)24-12-14-26(15-13-24)22(28)20-16-17(8-9-23-20)21(27)25-10-2-3-11-25/h4-9,16H,2-3,10-15H2,1H3. The minimum atomic E-state index is -0.115. The van der Waals surface area contributed by atoms with Crippen molar-refractivity contribution in [2.75, 3.05) is 51.3 Å². The van der Waals surface area contributed by atoms with Gasteiger partial charge in [-0.2, -0.15) is 0 Å². The van der Waals surface area contributed by atoms with Gasteiger partial charge in [0.15, 0.2) is 0 Å². The molecule has 1 aromatic heterocycles. The van der Waals surface area contributed by atoms with E-state index >= 15 is 0 Å². The lowest BCUT2D eigenvalue weighted by Gasteiger charge is -2.36. The van der Waals surface area contributed by atoms with E-state index in [0.717, 1.165) is 50.5 Å². The number of benzene rings is 1. The predicted molar refractivity (Wildman–Crippen MR) is 110 cm³/mol. The monoisotopic (exact) mass is 394 g/mol. The Hall–Kier alpha value is -3.09. The Morgan fingerprint density at radius 3 is 2.17 bits per heavy atom. The highest BCUT2D eigenvalue weighted by atomic mass is 16.5. The number of aromatic nitrogens is 1. The molecular weight excluding hydrogens is 368 g/mol. The minimum absolute atomic E-state index is 0.0109. The lowest BCUT2D eigenvalue weighted by atomic mass is 10.1. The Labute approximate surface area is 170 Å². The normalized spacial score (nSPS) is 16.8. The number of likely N-dealkylation sites (tertiary alicyclic amines) is 1. The molecule has 0 aliphatic carbocycles. The summed E-state index contributed by atoms with van der Waals surface area (Å²) >= 11 is 0. The van der Waals surface area contributed by atoms with Crippen LogP contribution in [0.4, 0.5) is 5.69 Å². The third-order valence-corrected chi connectivity index (χ3v) is 5.62. The van der Waals surface area contributed by atoms with Gasteiger partial charge in [-0.1, -0.05) is 0 Å². The van der Waals surface area contributed by atoms with Gasteiger partial charge in [-0.15, -0.1) is 0 Å². The molecule has 152 valence electrons. The maximum Gasteiger partial charge on any atom is 0.272 e. The number of piperazine rings is 1. The molecule has 29 heavy (non-hydrogen) atoms. The number of ether oxygens (including phenoxy) is 1. The second-order valence-electron chi connectivity index (χ2n) is 7.41. The van der Waals surface area contributed by atoms with Crippen molar-refractivity contribution in [2.45, 2.75) is 12.8 Å². The Balaban J connectivity index is 1.39. The average molecular weight is 394 g/mol. The number of nitrogens with zero attached hydrogens (tertiary/aromatic N) is 4. The van der Waals surface area contributed by atoms with E-state index in [-0.39, 0.29) is 11.8 Å². The first-order valence-corrected chi connectivity index (χ1v) is 10.1. The smallest absolute Gasteiger partial charge is 0.272 e. The molecule has 0 radical (unpaired) electrons. The van der Waals surface area contributed by atoms with Crippen LogP contribution in [0.25, 0.3) is 0 Å². The Bertz CT molecular complexity index is 870. The third-order valence-electron chi connectivity index (χ3n) is 5.62. The molecule has 0 spiro atoms. The number of hydrogen-bond donors (Lipinski definition) is 0. The van der Waals surface area contributed by atoms with E-state index in [1.165, 1.54) is 0 Å². The van der Waals surface area contributed by atoms with Crippen LogP contribution in [0.5, 0.6) is 5.75 Å². The van der Waals surface area contributed by atoms with E-state index in [9.17, 15) is 9.59 Å². The average Bonchev–Trinajstić information content (AvgIpc) is 3.33. The fourth-order valence-electron chi connectivity index (χ4n) is 3.91. The van der Waals surface area contributed by atoms with Gasteiger partial charge in [-0.25, -0.2) is 0 Å². The van der Waals surface area contributed by atoms with Gasteiger partial charge in [0.25, 0.3) is 11.8 Å². The van der Waals surface area contributed by atoms with Gasteiger partial charge < -0.3 is 19.4 Å². The van der Waals surface area contributed by atoms with Gasteiger partial charge >= 0.3 is 0 Å². The highest BCUT2D eigenvalue weighted by Gasteiger charge is 2.25. The fourth-order valence-corrected chi connectivity index (χ4v) is 3.91.